The van der Waals surface area contributed by atoms with E-state index in [0.29, 0.717) is 12.0 Å². The SMILES string of the molecule is CCCC(OP(=O)(O)Cc1ccccc1)C(=O)O. The third-order valence-corrected chi connectivity index (χ3v) is 3.69. The van der Waals surface area contributed by atoms with Crippen molar-refractivity contribution in [1.29, 1.82) is 0 Å². The lowest BCUT2D eigenvalue weighted by Crippen LogP contribution is -2.22. The molecule has 2 unspecified atom stereocenters. The molecule has 0 aliphatic heterocycles. The molecule has 0 aliphatic rings. The van der Waals surface area contributed by atoms with E-state index in [4.69, 9.17) is 9.63 Å². The molecule has 0 spiro atoms. The van der Waals surface area contributed by atoms with Gasteiger partial charge < -0.3 is 10.00 Å². The molecule has 0 bridgehead atoms. The average molecular weight is 272 g/mol. The van der Waals surface area contributed by atoms with Crippen LogP contribution in [-0.4, -0.2) is 22.1 Å². The van der Waals surface area contributed by atoms with E-state index >= 15 is 0 Å². The van der Waals surface area contributed by atoms with E-state index in [0.717, 1.165) is 0 Å². The normalized spacial score (nSPS) is 15.9. The zero-order valence-corrected chi connectivity index (χ0v) is 11.0. The van der Waals surface area contributed by atoms with Gasteiger partial charge in [0.25, 0.3) is 0 Å². The molecule has 0 saturated carbocycles. The number of carboxylic acids is 1. The fourth-order valence-corrected chi connectivity index (χ4v) is 2.87. The second kappa shape index (κ2) is 6.69. The highest BCUT2D eigenvalue weighted by Gasteiger charge is 2.29. The Morgan fingerprint density at radius 3 is 2.50 bits per heavy atom. The van der Waals surface area contributed by atoms with Crippen LogP contribution in [0.2, 0.25) is 0 Å². The van der Waals surface area contributed by atoms with Gasteiger partial charge in [-0.15, -0.1) is 0 Å². The molecule has 2 atom stereocenters. The van der Waals surface area contributed by atoms with Gasteiger partial charge in [-0.1, -0.05) is 43.7 Å². The largest absolute Gasteiger partial charge is 0.479 e. The van der Waals surface area contributed by atoms with E-state index in [1.807, 2.05) is 0 Å². The van der Waals surface area contributed by atoms with Crippen molar-refractivity contribution < 1.29 is 23.9 Å². The third-order valence-electron chi connectivity index (χ3n) is 2.34. The number of benzene rings is 1. The maximum atomic E-state index is 11.8. The summed E-state index contributed by atoms with van der Waals surface area (Å²) in [6.45, 7) is 1.79. The Bertz CT molecular complexity index is 431. The van der Waals surface area contributed by atoms with Crippen molar-refractivity contribution in [3.63, 3.8) is 0 Å². The first-order valence-electron chi connectivity index (χ1n) is 5.71. The Morgan fingerprint density at radius 2 is 2.00 bits per heavy atom. The molecule has 0 aromatic heterocycles. The van der Waals surface area contributed by atoms with Crippen molar-refractivity contribution >= 4 is 13.6 Å². The van der Waals surface area contributed by atoms with Crippen molar-refractivity contribution in [3.8, 4) is 0 Å². The number of hydrogen-bond acceptors (Lipinski definition) is 3. The maximum Gasteiger partial charge on any atom is 0.333 e. The van der Waals surface area contributed by atoms with Crippen LogP contribution < -0.4 is 0 Å². The zero-order valence-electron chi connectivity index (χ0n) is 10.2. The Hall–Kier alpha value is -1.16. The number of hydrogen-bond donors (Lipinski definition) is 2. The molecule has 6 heteroatoms. The Morgan fingerprint density at radius 1 is 1.39 bits per heavy atom. The zero-order chi connectivity index (χ0) is 13.6. The van der Waals surface area contributed by atoms with E-state index in [1.165, 1.54) is 0 Å². The summed E-state index contributed by atoms with van der Waals surface area (Å²) in [5.74, 6) is -1.21. The summed E-state index contributed by atoms with van der Waals surface area (Å²) in [5.41, 5.74) is 0.643. The molecule has 0 aliphatic carbocycles. The molecular weight excluding hydrogens is 255 g/mol. The third kappa shape index (κ3) is 5.00. The summed E-state index contributed by atoms with van der Waals surface area (Å²) in [5, 5.41) is 8.88. The predicted octanol–water partition coefficient (Wildman–Crippen LogP) is 2.64. The van der Waals surface area contributed by atoms with Gasteiger partial charge in [-0.2, -0.15) is 0 Å². The van der Waals surface area contributed by atoms with Crippen molar-refractivity contribution in [1.82, 2.24) is 0 Å². The van der Waals surface area contributed by atoms with Crippen LogP contribution in [0.15, 0.2) is 30.3 Å². The van der Waals surface area contributed by atoms with Gasteiger partial charge in [-0.25, -0.2) is 4.79 Å². The van der Waals surface area contributed by atoms with Gasteiger partial charge >= 0.3 is 13.6 Å². The summed E-state index contributed by atoms with van der Waals surface area (Å²) in [4.78, 5) is 20.5. The van der Waals surface area contributed by atoms with Crippen LogP contribution in [-0.2, 0) is 20.0 Å². The molecule has 1 aromatic carbocycles. The number of carboxylic acid groups (broad SMARTS) is 1. The minimum Gasteiger partial charge on any atom is -0.479 e. The lowest BCUT2D eigenvalue weighted by Gasteiger charge is -2.17. The summed E-state index contributed by atoms with van der Waals surface area (Å²) in [7, 11) is -3.93. The summed E-state index contributed by atoms with van der Waals surface area (Å²) >= 11 is 0. The average Bonchev–Trinajstić information content (AvgIpc) is 2.28. The molecule has 0 radical (unpaired) electrons. The van der Waals surface area contributed by atoms with Crippen LogP contribution in [0.3, 0.4) is 0 Å². The van der Waals surface area contributed by atoms with Crippen molar-refractivity contribution in [2.45, 2.75) is 32.0 Å². The van der Waals surface area contributed by atoms with Gasteiger partial charge in [-0.3, -0.25) is 9.09 Å². The number of rotatable bonds is 7. The fourth-order valence-electron chi connectivity index (χ4n) is 1.53. The van der Waals surface area contributed by atoms with Crippen LogP contribution in [0.4, 0.5) is 0 Å². The highest BCUT2D eigenvalue weighted by Crippen LogP contribution is 2.47. The van der Waals surface area contributed by atoms with Gasteiger partial charge in [0, 0.05) is 0 Å². The van der Waals surface area contributed by atoms with Crippen LogP contribution in [0.25, 0.3) is 0 Å². The molecule has 0 saturated heterocycles. The van der Waals surface area contributed by atoms with E-state index in [-0.39, 0.29) is 12.6 Å². The van der Waals surface area contributed by atoms with Crippen molar-refractivity contribution in [3.05, 3.63) is 35.9 Å². The highest BCUT2D eigenvalue weighted by molar-refractivity contribution is 7.52. The minimum absolute atomic E-state index is 0.179. The van der Waals surface area contributed by atoms with E-state index < -0.39 is 19.7 Å². The monoisotopic (exact) mass is 272 g/mol. The smallest absolute Gasteiger partial charge is 0.333 e. The van der Waals surface area contributed by atoms with E-state index in [9.17, 15) is 14.3 Å². The highest BCUT2D eigenvalue weighted by atomic mass is 31.2. The topological polar surface area (TPSA) is 83.8 Å². The predicted molar refractivity (Wildman–Crippen MR) is 67.4 cm³/mol. The van der Waals surface area contributed by atoms with Crippen LogP contribution in [0.1, 0.15) is 25.3 Å². The second-order valence-corrected chi connectivity index (χ2v) is 5.80. The lowest BCUT2D eigenvalue weighted by atomic mass is 10.2. The molecule has 18 heavy (non-hydrogen) atoms. The van der Waals surface area contributed by atoms with Gasteiger partial charge in [0.05, 0.1) is 6.16 Å². The summed E-state index contributed by atoms with van der Waals surface area (Å²) in [6.07, 6.45) is -0.618. The molecule has 1 rings (SSSR count). The molecule has 1 aromatic rings. The van der Waals surface area contributed by atoms with Gasteiger partial charge in [0.2, 0.25) is 0 Å². The lowest BCUT2D eigenvalue weighted by molar-refractivity contribution is -0.145. The molecule has 0 heterocycles. The minimum atomic E-state index is -3.93. The molecule has 2 N–H and O–H groups in total. The summed E-state index contributed by atoms with van der Waals surface area (Å²) in [6, 6.07) is 8.68. The van der Waals surface area contributed by atoms with Gasteiger partial charge in [0.15, 0.2) is 6.10 Å². The molecule has 5 nitrogen and oxygen atoms in total. The van der Waals surface area contributed by atoms with Crippen LogP contribution in [0, 0.1) is 0 Å². The van der Waals surface area contributed by atoms with Gasteiger partial charge in [-0.05, 0) is 12.0 Å². The Kier molecular flexibility index (Phi) is 5.54. The molecule has 0 amide bonds. The first-order chi connectivity index (χ1) is 8.44. The van der Waals surface area contributed by atoms with E-state index in [1.54, 1.807) is 37.3 Å². The summed E-state index contributed by atoms with van der Waals surface area (Å²) < 4.78 is 16.7. The maximum absolute atomic E-state index is 11.8. The second-order valence-electron chi connectivity index (χ2n) is 4.00. The number of aliphatic carboxylic acids is 1. The van der Waals surface area contributed by atoms with Crippen LogP contribution >= 0.6 is 7.60 Å². The molecule has 0 fully saturated rings. The van der Waals surface area contributed by atoms with Crippen LogP contribution in [0.5, 0.6) is 0 Å². The van der Waals surface area contributed by atoms with E-state index in [2.05, 4.69) is 0 Å². The van der Waals surface area contributed by atoms with Gasteiger partial charge in [0.1, 0.15) is 0 Å². The first-order valence-corrected chi connectivity index (χ1v) is 7.48. The van der Waals surface area contributed by atoms with Crippen molar-refractivity contribution in [2.24, 2.45) is 0 Å². The quantitative estimate of drug-likeness (QED) is 0.745. The number of carbonyl (C=O) groups is 1. The molecule has 100 valence electrons. The standard InChI is InChI=1S/C12H17O5P/c1-2-6-11(12(13)14)17-18(15,16)9-10-7-4-3-5-8-10/h3-5,7-8,11H,2,6,9H2,1H3,(H,13,14)(H,15,16). The Balaban J connectivity index is 2.68. The fraction of sp³-hybridized carbons (Fsp3) is 0.417. The van der Waals surface area contributed by atoms with Crippen molar-refractivity contribution in [2.75, 3.05) is 0 Å². The Labute approximate surface area is 106 Å². The first kappa shape index (κ1) is 14.9. The molecular formula is C12H17O5P.